The highest BCUT2D eigenvalue weighted by molar-refractivity contribution is 6.30. The number of rotatable bonds is 5. The molecule has 0 saturated carbocycles. The number of hydrogen-bond acceptors (Lipinski definition) is 1. The standard InChI is InChI=1S/C17H19ClFN/c1-12(9-14-5-3-8-17(19)10-14)20-13(2)15-6-4-7-16(18)11-15/h3-8,10-13,20H,9H2,1-2H3/t12?,13-/m1/s1. The van der Waals surface area contributed by atoms with Gasteiger partial charge in [0.05, 0.1) is 0 Å². The maximum Gasteiger partial charge on any atom is 0.123 e. The minimum atomic E-state index is -0.183. The molecule has 0 amide bonds. The van der Waals surface area contributed by atoms with Crippen molar-refractivity contribution in [1.29, 1.82) is 0 Å². The van der Waals surface area contributed by atoms with E-state index in [0.29, 0.717) is 0 Å². The topological polar surface area (TPSA) is 12.0 Å². The van der Waals surface area contributed by atoms with Crippen molar-refractivity contribution < 1.29 is 4.39 Å². The second-order valence-corrected chi connectivity index (χ2v) is 5.61. The van der Waals surface area contributed by atoms with Gasteiger partial charge in [0.2, 0.25) is 0 Å². The molecule has 0 bridgehead atoms. The quantitative estimate of drug-likeness (QED) is 0.837. The van der Waals surface area contributed by atoms with E-state index in [1.54, 1.807) is 12.1 Å². The molecule has 2 aromatic rings. The molecule has 0 spiro atoms. The molecule has 3 heteroatoms. The van der Waals surface area contributed by atoms with Crippen molar-refractivity contribution in [2.24, 2.45) is 0 Å². The highest BCUT2D eigenvalue weighted by Gasteiger charge is 2.10. The molecule has 0 aliphatic carbocycles. The zero-order valence-corrected chi connectivity index (χ0v) is 12.5. The largest absolute Gasteiger partial charge is 0.307 e. The van der Waals surface area contributed by atoms with Gasteiger partial charge >= 0.3 is 0 Å². The van der Waals surface area contributed by atoms with Gasteiger partial charge in [-0.1, -0.05) is 35.9 Å². The summed E-state index contributed by atoms with van der Waals surface area (Å²) in [6.07, 6.45) is 0.794. The predicted octanol–water partition coefficient (Wildman–Crippen LogP) is 4.76. The Balaban J connectivity index is 1.95. The molecule has 2 rings (SSSR count). The van der Waals surface area contributed by atoms with Crippen LogP contribution in [0.5, 0.6) is 0 Å². The van der Waals surface area contributed by atoms with Gasteiger partial charge in [0, 0.05) is 17.1 Å². The smallest absolute Gasteiger partial charge is 0.123 e. The second-order valence-electron chi connectivity index (χ2n) is 5.18. The lowest BCUT2D eigenvalue weighted by Gasteiger charge is -2.20. The zero-order chi connectivity index (χ0) is 14.5. The van der Waals surface area contributed by atoms with E-state index in [1.165, 1.54) is 6.07 Å². The Morgan fingerprint density at radius 3 is 2.55 bits per heavy atom. The third-order valence-corrected chi connectivity index (χ3v) is 3.55. The molecule has 0 radical (unpaired) electrons. The van der Waals surface area contributed by atoms with Crippen LogP contribution in [-0.2, 0) is 6.42 Å². The molecular weight excluding hydrogens is 273 g/mol. The average molecular weight is 292 g/mol. The predicted molar refractivity (Wildman–Crippen MR) is 82.6 cm³/mol. The summed E-state index contributed by atoms with van der Waals surface area (Å²) in [5, 5.41) is 4.25. The van der Waals surface area contributed by atoms with Crippen LogP contribution in [0, 0.1) is 5.82 Å². The van der Waals surface area contributed by atoms with Gasteiger partial charge in [-0.05, 0) is 55.7 Å². The normalized spacial score (nSPS) is 14.0. The summed E-state index contributed by atoms with van der Waals surface area (Å²) in [4.78, 5) is 0. The molecule has 0 aliphatic heterocycles. The van der Waals surface area contributed by atoms with Gasteiger partial charge in [-0.2, -0.15) is 0 Å². The second kappa shape index (κ2) is 6.87. The van der Waals surface area contributed by atoms with Gasteiger partial charge in [-0.15, -0.1) is 0 Å². The van der Waals surface area contributed by atoms with Crippen LogP contribution in [0.4, 0.5) is 4.39 Å². The lowest BCUT2D eigenvalue weighted by atomic mass is 10.0. The van der Waals surface area contributed by atoms with Gasteiger partial charge < -0.3 is 5.32 Å². The minimum absolute atomic E-state index is 0.183. The van der Waals surface area contributed by atoms with Crippen molar-refractivity contribution >= 4 is 11.6 Å². The Morgan fingerprint density at radius 2 is 1.85 bits per heavy atom. The van der Waals surface area contributed by atoms with Crippen LogP contribution in [0.25, 0.3) is 0 Å². The first kappa shape index (κ1) is 15.0. The van der Waals surface area contributed by atoms with Crippen molar-refractivity contribution in [2.45, 2.75) is 32.4 Å². The first-order valence-electron chi connectivity index (χ1n) is 6.80. The van der Waals surface area contributed by atoms with E-state index >= 15 is 0 Å². The van der Waals surface area contributed by atoms with Crippen molar-refractivity contribution in [3.05, 3.63) is 70.5 Å². The van der Waals surface area contributed by atoms with E-state index < -0.39 is 0 Å². The average Bonchev–Trinajstić information content (AvgIpc) is 2.38. The zero-order valence-electron chi connectivity index (χ0n) is 11.7. The molecule has 0 aromatic heterocycles. The Bertz CT molecular complexity index is 570. The van der Waals surface area contributed by atoms with E-state index in [0.717, 1.165) is 22.6 Å². The molecule has 0 heterocycles. The summed E-state index contributed by atoms with van der Waals surface area (Å²) >= 11 is 6.00. The molecular formula is C17H19ClFN. The van der Waals surface area contributed by atoms with E-state index in [4.69, 9.17) is 11.6 Å². The Labute approximate surface area is 124 Å². The monoisotopic (exact) mass is 291 g/mol. The van der Waals surface area contributed by atoms with E-state index in [9.17, 15) is 4.39 Å². The van der Waals surface area contributed by atoms with Crippen molar-refractivity contribution in [3.63, 3.8) is 0 Å². The summed E-state index contributed by atoms with van der Waals surface area (Å²) in [5.74, 6) is -0.183. The number of hydrogen-bond donors (Lipinski definition) is 1. The van der Waals surface area contributed by atoms with Gasteiger partial charge in [-0.3, -0.25) is 0 Å². The first-order valence-corrected chi connectivity index (χ1v) is 7.18. The van der Waals surface area contributed by atoms with Crippen molar-refractivity contribution in [3.8, 4) is 0 Å². The third kappa shape index (κ3) is 4.32. The lowest BCUT2D eigenvalue weighted by Crippen LogP contribution is -2.30. The van der Waals surface area contributed by atoms with Gasteiger partial charge in [0.15, 0.2) is 0 Å². The lowest BCUT2D eigenvalue weighted by molar-refractivity contribution is 0.476. The highest BCUT2D eigenvalue weighted by Crippen LogP contribution is 2.18. The number of nitrogens with one attached hydrogen (secondary N) is 1. The SMILES string of the molecule is CC(Cc1cccc(F)c1)N[C@H](C)c1cccc(Cl)c1. The van der Waals surface area contributed by atoms with Gasteiger partial charge in [0.25, 0.3) is 0 Å². The van der Waals surface area contributed by atoms with E-state index in [1.807, 2.05) is 24.3 Å². The van der Waals surface area contributed by atoms with E-state index in [-0.39, 0.29) is 17.9 Å². The van der Waals surface area contributed by atoms with Crippen LogP contribution in [0.15, 0.2) is 48.5 Å². The number of benzene rings is 2. The third-order valence-electron chi connectivity index (χ3n) is 3.31. The fourth-order valence-electron chi connectivity index (χ4n) is 2.38. The summed E-state index contributed by atoms with van der Waals surface area (Å²) in [6.45, 7) is 4.21. The highest BCUT2D eigenvalue weighted by atomic mass is 35.5. The summed E-state index contributed by atoms with van der Waals surface area (Å²) < 4.78 is 13.2. The van der Waals surface area contributed by atoms with Crippen LogP contribution in [0.1, 0.15) is 31.0 Å². The van der Waals surface area contributed by atoms with Crippen LogP contribution >= 0.6 is 11.6 Å². The summed E-state index contributed by atoms with van der Waals surface area (Å²) in [5.41, 5.74) is 2.16. The van der Waals surface area contributed by atoms with Gasteiger partial charge in [-0.25, -0.2) is 4.39 Å². The van der Waals surface area contributed by atoms with Crippen LogP contribution in [0.3, 0.4) is 0 Å². The molecule has 2 atom stereocenters. The molecule has 0 fully saturated rings. The first-order chi connectivity index (χ1) is 9.54. The Hall–Kier alpha value is -1.38. The van der Waals surface area contributed by atoms with Crippen LogP contribution in [-0.4, -0.2) is 6.04 Å². The molecule has 0 aliphatic rings. The van der Waals surface area contributed by atoms with Crippen LogP contribution in [0.2, 0.25) is 5.02 Å². The number of halogens is 2. The fraction of sp³-hybridized carbons (Fsp3) is 0.294. The van der Waals surface area contributed by atoms with Crippen molar-refractivity contribution in [1.82, 2.24) is 5.32 Å². The summed E-state index contributed by atoms with van der Waals surface area (Å²) in [7, 11) is 0. The maximum absolute atomic E-state index is 13.2. The Kier molecular flexibility index (Phi) is 5.16. The van der Waals surface area contributed by atoms with Gasteiger partial charge in [0.1, 0.15) is 5.82 Å². The molecule has 0 saturated heterocycles. The van der Waals surface area contributed by atoms with Crippen LogP contribution < -0.4 is 5.32 Å². The maximum atomic E-state index is 13.2. The molecule has 20 heavy (non-hydrogen) atoms. The Morgan fingerprint density at radius 1 is 1.10 bits per heavy atom. The van der Waals surface area contributed by atoms with E-state index in [2.05, 4.69) is 25.2 Å². The molecule has 106 valence electrons. The fourth-order valence-corrected chi connectivity index (χ4v) is 2.57. The summed E-state index contributed by atoms with van der Waals surface area (Å²) in [6, 6.07) is 15.1. The molecule has 2 aromatic carbocycles. The molecule has 1 nitrogen and oxygen atoms in total. The molecule has 1 N–H and O–H groups in total. The van der Waals surface area contributed by atoms with Crippen molar-refractivity contribution in [2.75, 3.05) is 0 Å². The molecule has 1 unspecified atom stereocenters. The minimum Gasteiger partial charge on any atom is -0.307 e.